The topological polar surface area (TPSA) is 75.9 Å². The zero-order valence-corrected chi connectivity index (χ0v) is 16.6. The van der Waals surface area contributed by atoms with Crippen LogP contribution in [0, 0.1) is 12.7 Å². The third kappa shape index (κ3) is 4.22. The van der Waals surface area contributed by atoms with Crippen molar-refractivity contribution in [3.63, 3.8) is 0 Å². The van der Waals surface area contributed by atoms with Gasteiger partial charge in [-0.1, -0.05) is 36.4 Å². The Morgan fingerprint density at radius 3 is 2.60 bits per heavy atom. The van der Waals surface area contributed by atoms with Crippen LogP contribution in [0.1, 0.15) is 17.8 Å². The third-order valence-corrected chi connectivity index (χ3v) is 4.74. The molecule has 0 atom stereocenters. The predicted molar refractivity (Wildman–Crippen MR) is 122 cm³/mol. The van der Waals surface area contributed by atoms with Gasteiger partial charge in [0.05, 0.1) is 11.2 Å². The van der Waals surface area contributed by atoms with Gasteiger partial charge >= 0.3 is 0 Å². The first kappa shape index (κ1) is 19.4. The van der Waals surface area contributed by atoms with Gasteiger partial charge in [0.1, 0.15) is 11.6 Å². The van der Waals surface area contributed by atoms with Crippen molar-refractivity contribution in [2.24, 2.45) is 5.73 Å². The van der Waals surface area contributed by atoms with Crippen molar-refractivity contribution in [2.45, 2.75) is 13.3 Å². The monoisotopic (exact) mass is 399 g/mol. The average Bonchev–Trinajstić information content (AvgIpc) is 3.15. The van der Waals surface area contributed by atoms with Gasteiger partial charge in [-0.15, -0.1) is 0 Å². The minimum absolute atomic E-state index is 0.308. The van der Waals surface area contributed by atoms with Crippen LogP contribution in [0.5, 0.6) is 0 Å². The molecule has 30 heavy (non-hydrogen) atoms. The second kappa shape index (κ2) is 8.21. The van der Waals surface area contributed by atoms with Crippen LogP contribution in [0.2, 0.25) is 0 Å². The van der Waals surface area contributed by atoms with E-state index in [1.807, 2.05) is 55.5 Å². The Morgan fingerprint density at radius 1 is 1.10 bits per heavy atom. The molecule has 0 unspecified atom stereocenters. The van der Waals surface area contributed by atoms with Gasteiger partial charge in [0.2, 0.25) is 0 Å². The molecule has 4 rings (SSSR count). The van der Waals surface area contributed by atoms with Crippen LogP contribution in [0.4, 0.5) is 21.6 Å². The molecule has 1 aromatic heterocycles. The lowest BCUT2D eigenvalue weighted by atomic mass is 10.1. The summed E-state index contributed by atoms with van der Waals surface area (Å²) in [6.45, 7) is 5.62. The quantitative estimate of drug-likeness (QED) is 0.506. The van der Waals surface area contributed by atoms with Crippen LogP contribution < -0.4 is 16.4 Å². The first-order valence-electron chi connectivity index (χ1n) is 9.57. The van der Waals surface area contributed by atoms with Gasteiger partial charge in [0, 0.05) is 23.2 Å². The molecular weight excluding hydrogens is 377 g/mol. The lowest BCUT2D eigenvalue weighted by Gasteiger charge is -2.12. The van der Waals surface area contributed by atoms with Gasteiger partial charge in [0.25, 0.3) is 0 Å². The number of nitrogens with one attached hydrogen (secondary N) is 2. The van der Waals surface area contributed by atoms with E-state index in [9.17, 15) is 4.39 Å². The van der Waals surface area contributed by atoms with Crippen molar-refractivity contribution in [2.75, 3.05) is 10.6 Å². The van der Waals surface area contributed by atoms with Crippen LogP contribution in [-0.4, -0.2) is 9.97 Å². The Labute approximate surface area is 174 Å². The lowest BCUT2D eigenvalue weighted by molar-refractivity contribution is 0.633. The first-order valence-corrected chi connectivity index (χ1v) is 9.57. The zero-order valence-electron chi connectivity index (χ0n) is 16.6. The molecule has 0 saturated carbocycles. The first-order chi connectivity index (χ1) is 14.5. The smallest absolute Gasteiger partial charge is 0.154 e. The molecule has 0 aliphatic heterocycles. The number of nitrogens with two attached hydrogens (primary N) is 1. The molecule has 0 radical (unpaired) electrons. The van der Waals surface area contributed by atoms with Crippen LogP contribution in [0.15, 0.2) is 78.7 Å². The number of hydrogen-bond donors (Lipinski definition) is 3. The number of rotatable bonds is 6. The maximum atomic E-state index is 14.5. The van der Waals surface area contributed by atoms with Gasteiger partial charge in [-0.25, -0.2) is 14.4 Å². The molecule has 0 amide bonds. The molecule has 2 aromatic carbocycles. The molecule has 0 fully saturated rings. The van der Waals surface area contributed by atoms with E-state index >= 15 is 0 Å². The summed E-state index contributed by atoms with van der Waals surface area (Å²) in [5.41, 5.74) is 10.7. The number of anilines is 3. The molecule has 0 spiro atoms. The standard InChI is InChI=1S/C24H22FN5/c1-3-27-22-14-21-19(13-20(22)25)24(28-18-9-4-15(2)5-10-18)30-23(29-21)11-7-16-6-8-17(26)12-16/h3-11,13-14,27H,1,12,26H2,2H3,(H,28,29,30)/b11-7+. The number of halogens is 1. The number of aryl methyl sites for hydroxylation is 1. The van der Waals surface area contributed by atoms with Crippen LogP contribution in [0.3, 0.4) is 0 Å². The average molecular weight is 399 g/mol. The fraction of sp³-hybridized carbons (Fsp3) is 0.0833. The summed E-state index contributed by atoms with van der Waals surface area (Å²) in [6, 6.07) is 11.0. The summed E-state index contributed by atoms with van der Waals surface area (Å²) >= 11 is 0. The maximum absolute atomic E-state index is 14.5. The number of nitrogens with zero attached hydrogens (tertiary/aromatic N) is 2. The molecule has 1 heterocycles. The fourth-order valence-electron chi connectivity index (χ4n) is 3.19. The second-order valence-corrected chi connectivity index (χ2v) is 7.11. The van der Waals surface area contributed by atoms with E-state index in [0.29, 0.717) is 34.7 Å². The summed E-state index contributed by atoms with van der Waals surface area (Å²) < 4.78 is 14.5. The fourth-order valence-corrected chi connectivity index (χ4v) is 3.19. The summed E-state index contributed by atoms with van der Waals surface area (Å²) in [6.07, 6.45) is 9.78. The van der Waals surface area contributed by atoms with E-state index in [4.69, 9.17) is 5.73 Å². The molecule has 3 aromatic rings. The number of aromatic nitrogens is 2. The Hall–Kier alpha value is -3.93. The molecule has 0 saturated heterocycles. The van der Waals surface area contributed by atoms with E-state index in [2.05, 4.69) is 27.2 Å². The van der Waals surface area contributed by atoms with Crippen molar-refractivity contribution in [3.05, 3.63) is 95.9 Å². The zero-order chi connectivity index (χ0) is 21.1. The summed E-state index contributed by atoms with van der Waals surface area (Å²) in [4.78, 5) is 9.22. The second-order valence-electron chi connectivity index (χ2n) is 7.11. The highest BCUT2D eigenvalue weighted by molar-refractivity contribution is 5.93. The van der Waals surface area contributed by atoms with Crippen LogP contribution >= 0.6 is 0 Å². The summed E-state index contributed by atoms with van der Waals surface area (Å²) in [7, 11) is 0. The Balaban J connectivity index is 1.77. The Bertz CT molecular complexity index is 1210. The largest absolute Gasteiger partial charge is 0.402 e. The molecule has 4 N–H and O–H groups in total. The predicted octanol–water partition coefficient (Wildman–Crippen LogP) is 5.56. The van der Waals surface area contributed by atoms with Crippen LogP contribution in [0.25, 0.3) is 17.0 Å². The van der Waals surface area contributed by atoms with Gasteiger partial charge in [-0.05, 0) is 55.1 Å². The van der Waals surface area contributed by atoms with E-state index in [-0.39, 0.29) is 0 Å². The molecule has 1 aliphatic carbocycles. The number of hydrogen-bond acceptors (Lipinski definition) is 5. The molecular formula is C24H22FN5. The summed E-state index contributed by atoms with van der Waals surface area (Å²) in [5, 5.41) is 6.68. The highest BCUT2D eigenvalue weighted by Crippen LogP contribution is 2.29. The molecule has 5 nitrogen and oxygen atoms in total. The van der Waals surface area contributed by atoms with E-state index in [1.54, 1.807) is 6.07 Å². The minimum Gasteiger partial charge on any atom is -0.402 e. The Kier molecular flexibility index (Phi) is 5.30. The molecule has 6 heteroatoms. The maximum Gasteiger partial charge on any atom is 0.154 e. The van der Waals surface area contributed by atoms with Gasteiger partial charge < -0.3 is 16.4 Å². The normalized spacial score (nSPS) is 13.4. The highest BCUT2D eigenvalue weighted by Gasteiger charge is 2.12. The van der Waals surface area contributed by atoms with Gasteiger partial charge in [-0.2, -0.15) is 0 Å². The number of benzene rings is 2. The molecule has 150 valence electrons. The highest BCUT2D eigenvalue weighted by atomic mass is 19.1. The van der Waals surface area contributed by atoms with E-state index < -0.39 is 5.82 Å². The number of allylic oxidation sites excluding steroid dienone is 4. The van der Waals surface area contributed by atoms with Crippen molar-refractivity contribution in [1.29, 1.82) is 0 Å². The molecule has 0 bridgehead atoms. The van der Waals surface area contributed by atoms with Crippen molar-refractivity contribution >= 4 is 34.2 Å². The van der Waals surface area contributed by atoms with E-state index in [0.717, 1.165) is 22.5 Å². The SMILES string of the molecule is C=CNc1cc2nc(/C=C/C3=CC=C(N)C3)nc(Nc3ccc(C)cc3)c2cc1F. The number of fused-ring (bicyclic) bond motifs is 1. The van der Waals surface area contributed by atoms with Crippen molar-refractivity contribution in [1.82, 2.24) is 9.97 Å². The third-order valence-electron chi connectivity index (χ3n) is 4.74. The van der Waals surface area contributed by atoms with E-state index in [1.165, 1.54) is 12.3 Å². The van der Waals surface area contributed by atoms with Crippen LogP contribution in [-0.2, 0) is 0 Å². The van der Waals surface area contributed by atoms with Gasteiger partial charge in [0.15, 0.2) is 5.82 Å². The Morgan fingerprint density at radius 2 is 1.90 bits per heavy atom. The molecule has 1 aliphatic rings. The van der Waals surface area contributed by atoms with Crippen molar-refractivity contribution < 1.29 is 4.39 Å². The summed E-state index contributed by atoms with van der Waals surface area (Å²) in [5.74, 6) is 0.643. The van der Waals surface area contributed by atoms with Crippen molar-refractivity contribution in [3.8, 4) is 0 Å². The minimum atomic E-state index is -0.404. The lowest BCUT2D eigenvalue weighted by Crippen LogP contribution is -2.01. The van der Waals surface area contributed by atoms with Gasteiger partial charge in [-0.3, -0.25) is 0 Å².